The van der Waals surface area contributed by atoms with Gasteiger partial charge in [-0.2, -0.15) is 0 Å². The predicted octanol–water partition coefficient (Wildman–Crippen LogP) is 7.43. The number of methoxy groups -OCH3 is 1. The van der Waals surface area contributed by atoms with E-state index in [-0.39, 0.29) is 16.8 Å². The molecule has 5 nitrogen and oxygen atoms in total. The number of anilines is 2. The van der Waals surface area contributed by atoms with Crippen LogP contribution in [0.1, 0.15) is 15.9 Å². The van der Waals surface area contributed by atoms with Crippen LogP contribution in [0, 0.1) is 0 Å². The van der Waals surface area contributed by atoms with E-state index in [9.17, 15) is 9.59 Å². The normalized spacial score (nSPS) is 10.8. The molecular formula is C23H16Br2Cl2N2O3. The van der Waals surface area contributed by atoms with E-state index in [4.69, 9.17) is 27.9 Å². The quantitative estimate of drug-likeness (QED) is 0.290. The second-order valence-electron chi connectivity index (χ2n) is 6.49. The number of hydrogen-bond acceptors (Lipinski definition) is 3. The van der Waals surface area contributed by atoms with Gasteiger partial charge in [0.2, 0.25) is 5.91 Å². The Balaban J connectivity index is 1.64. The van der Waals surface area contributed by atoms with Gasteiger partial charge in [-0.25, -0.2) is 0 Å². The lowest BCUT2D eigenvalue weighted by Gasteiger charge is -2.09. The van der Waals surface area contributed by atoms with Crippen LogP contribution in [0.4, 0.5) is 11.4 Å². The maximum atomic E-state index is 12.4. The Kier molecular flexibility index (Phi) is 8.37. The molecule has 164 valence electrons. The molecule has 0 saturated carbocycles. The monoisotopic (exact) mass is 596 g/mol. The Bertz CT molecular complexity index is 1200. The summed E-state index contributed by atoms with van der Waals surface area (Å²) >= 11 is 18.8. The minimum Gasteiger partial charge on any atom is -0.495 e. The average Bonchev–Trinajstić information content (AvgIpc) is 2.73. The van der Waals surface area contributed by atoms with Gasteiger partial charge in [-0.3, -0.25) is 9.59 Å². The number of carbonyl (C=O) groups excluding carboxylic acids is 2. The minimum absolute atomic E-state index is 0.264. The largest absolute Gasteiger partial charge is 0.495 e. The minimum atomic E-state index is -0.361. The van der Waals surface area contributed by atoms with Crippen molar-refractivity contribution < 1.29 is 14.3 Å². The molecule has 0 radical (unpaired) electrons. The van der Waals surface area contributed by atoms with E-state index in [1.54, 1.807) is 49.6 Å². The molecule has 3 aromatic rings. The Morgan fingerprint density at radius 3 is 2.22 bits per heavy atom. The summed E-state index contributed by atoms with van der Waals surface area (Å²) in [7, 11) is 1.56. The molecule has 0 bridgehead atoms. The summed E-state index contributed by atoms with van der Waals surface area (Å²) in [5, 5.41) is 6.24. The molecule has 0 fully saturated rings. The van der Waals surface area contributed by atoms with Crippen LogP contribution >= 0.6 is 55.1 Å². The zero-order valence-electron chi connectivity index (χ0n) is 16.6. The van der Waals surface area contributed by atoms with Gasteiger partial charge >= 0.3 is 0 Å². The van der Waals surface area contributed by atoms with Crippen molar-refractivity contribution in [3.63, 3.8) is 0 Å². The lowest BCUT2D eigenvalue weighted by molar-refractivity contribution is -0.111. The van der Waals surface area contributed by atoms with E-state index in [0.29, 0.717) is 27.7 Å². The SMILES string of the molecule is COc1c(Br)cc(Br)cc1/C=C/C(=O)Nc1ccc(NC(=O)c2ccc(Cl)cc2Cl)cc1. The first-order chi connectivity index (χ1) is 15.3. The van der Waals surface area contributed by atoms with E-state index >= 15 is 0 Å². The smallest absolute Gasteiger partial charge is 0.257 e. The van der Waals surface area contributed by atoms with Crippen LogP contribution in [0.5, 0.6) is 5.75 Å². The van der Waals surface area contributed by atoms with Gasteiger partial charge in [-0.05, 0) is 76.6 Å². The third-order valence-corrected chi connectivity index (χ3v) is 5.84. The summed E-state index contributed by atoms with van der Waals surface area (Å²) in [5.74, 6) is -0.0495. The molecular weight excluding hydrogens is 583 g/mol. The van der Waals surface area contributed by atoms with Gasteiger partial charge in [0.1, 0.15) is 5.75 Å². The van der Waals surface area contributed by atoms with Crippen LogP contribution in [-0.2, 0) is 4.79 Å². The van der Waals surface area contributed by atoms with Gasteiger partial charge in [-0.1, -0.05) is 39.1 Å². The van der Waals surface area contributed by atoms with Crippen molar-refractivity contribution in [1.82, 2.24) is 0 Å². The van der Waals surface area contributed by atoms with Crippen molar-refractivity contribution in [2.45, 2.75) is 0 Å². The highest BCUT2D eigenvalue weighted by Gasteiger charge is 2.11. The first-order valence-electron chi connectivity index (χ1n) is 9.15. The fraction of sp³-hybridized carbons (Fsp3) is 0.0435. The Morgan fingerprint density at radius 1 is 0.938 bits per heavy atom. The molecule has 0 aliphatic heterocycles. The summed E-state index contributed by atoms with van der Waals surface area (Å²) in [6.07, 6.45) is 3.07. The Hall–Kier alpha value is -2.32. The summed E-state index contributed by atoms with van der Waals surface area (Å²) in [4.78, 5) is 24.7. The molecule has 32 heavy (non-hydrogen) atoms. The molecule has 0 heterocycles. The maximum Gasteiger partial charge on any atom is 0.257 e. The molecule has 0 unspecified atom stereocenters. The molecule has 3 aromatic carbocycles. The fourth-order valence-electron chi connectivity index (χ4n) is 2.78. The number of rotatable bonds is 6. The Labute approximate surface area is 212 Å². The predicted molar refractivity (Wildman–Crippen MR) is 137 cm³/mol. The number of amides is 2. The maximum absolute atomic E-state index is 12.4. The van der Waals surface area contributed by atoms with Gasteiger partial charge in [0.15, 0.2) is 0 Å². The van der Waals surface area contributed by atoms with E-state index < -0.39 is 0 Å². The first kappa shape index (κ1) is 24.3. The van der Waals surface area contributed by atoms with Crippen LogP contribution in [0.25, 0.3) is 6.08 Å². The number of ether oxygens (including phenoxy) is 1. The molecule has 0 atom stereocenters. The summed E-state index contributed by atoms with van der Waals surface area (Å²) in [6.45, 7) is 0. The van der Waals surface area contributed by atoms with Gasteiger partial charge in [0.25, 0.3) is 5.91 Å². The zero-order chi connectivity index (χ0) is 23.3. The van der Waals surface area contributed by atoms with Crippen LogP contribution in [-0.4, -0.2) is 18.9 Å². The zero-order valence-corrected chi connectivity index (χ0v) is 21.3. The summed E-state index contributed by atoms with van der Waals surface area (Å²) in [6, 6.07) is 15.1. The molecule has 0 spiro atoms. The van der Waals surface area contributed by atoms with Crippen molar-refractivity contribution in [2.75, 3.05) is 17.7 Å². The van der Waals surface area contributed by atoms with Crippen molar-refractivity contribution in [1.29, 1.82) is 0 Å². The van der Waals surface area contributed by atoms with Crippen LogP contribution in [0.15, 0.2) is 69.6 Å². The van der Waals surface area contributed by atoms with Crippen LogP contribution in [0.2, 0.25) is 10.0 Å². The molecule has 2 N–H and O–H groups in total. The average molecular weight is 599 g/mol. The molecule has 0 aromatic heterocycles. The van der Waals surface area contributed by atoms with Crippen molar-refractivity contribution in [2.24, 2.45) is 0 Å². The Morgan fingerprint density at radius 2 is 1.59 bits per heavy atom. The van der Waals surface area contributed by atoms with Gasteiger partial charge in [0.05, 0.1) is 22.2 Å². The number of nitrogens with one attached hydrogen (secondary N) is 2. The van der Waals surface area contributed by atoms with Gasteiger partial charge < -0.3 is 15.4 Å². The topological polar surface area (TPSA) is 67.4 Å². The lowest BCUT2D eigenvalue weighted by atomic mass is 10.2. The van der Waals surface area contributed by atoms with Crippen molar-refractivity contribution in [3.05, 3.63) is 90.8 Å². The second kappa shape index (κ2) is 11.0. The molecule has 0 aliphatic carbocycles. The molecule has 0 saturated heterocycles. The van der Waals surface area contributed by atoms with Crippen molar-refractivity contribution >= 4 is 84.3 Å². The van der Waals surface area contributed by atoms with Crippen molar-refractivity contribution in [3.8, 4) is 5.75 Å². The molecule has 9 heteroatoms. The van der Waals surface area contributed by atoms with Gasteiger partial charge in [0, 0.05) is 32.5 Å². The summed E-state index contributed by atoms with van der Waals surface area (Å²) in [5.41, 5.74) is 2.18. The fourth-order valence-corrected chi connectivity index (χ4v) is 4.69. The second-order valence-corrected chi connectivity index (χ2v) is 9.10. The molecule has 2 amide bonds. The first-order valence-corrected chi connectivity index (χ1v) is 11.5. The number of halogens is 4. The van der Waals surface area contributed by atoms with Crippen LogP contribution in [0.3, 0.4) is 0 Å². The molecule has 0 aliphatic rings. The molecule has 3 rings (SSSR count). The highest BCUT2D eigenvalue weighted by molar-refractivity contribution is 9.11. The third-order valence-electron chi connectivity index (χ3n) is 4.24. The number of hydrogen-bond donors (Lipinski definition) is 2. The van der Waals surface area contributed by atoms with Crippen LogP contribution < -0.4 is 15.4 Å². The summed E-state index contributed by atoms with van der Waals surface area (Å²) < 4.78 is 6.99. The van der Waals surface area contributed by atoms with E-state index in [1.165, 1.54) is 12.1 Å². The van der Waals surface area contributed by atoms with Gasteiger partial charge in [-0.15, -0.1) is 0 Å². The van der Waals surface area contributed by atoms with E-state index in [2.05, 4.69) is 42.5 Å². The highest BCUT2D eigenvalue weighted by Crippen LogP contribution is 2.33. The van der Waals surface area contributed by atoms with E-state index in [1.807, 2.05) is 12.1 Å². The number of carbonyl (C=O) groups is 2. The highest BCUT2D eigenvalue weighted by atomic mass is 79.9. The standard InChI is InChI=1S/C23H16Br2Cl2N2O3/c1-32-22-13(10-14(24)11-19(22)25)2-9-21(30)28-16-4-6-17(7-5-16)29-23(31)18-8-3-15(26)12-20(18)27/h2-12H,1H3,(H,28,30)(H,29,31)/b9-2+. The lowest BCUT2D eigenvalue weighted by Crippen LogP contribution is -2.12. The van der Waals surface area contributed by atoms with E-state index in [0.717, 1.165) is 14.5 Å². The third kappa shape index (κ3) is 6.36. The number of benzene rings is 3.